The lowest BCUT2D eigenvalue weighted by atomic mass is 9.86. The van der Waals surface area contributed by atoms with Crippen molar-refractivity contribution in [2.75, 3.05) is 0 Å². The minimum Gasteiger partial charge on any atom is -0.456 e. The van der Waals surface area contributed by atoms with Crippen LogP contribution in [0.25, 0.3) is 93.6 Å². The van der Waals surface area contributed by atoms with Gasteiger partial charge in [0.25, 0.3) is 0 Å². The van der Waals surface area contributed by atoms with Crippen molar-refractivity contribution in [2.24, 2.45) is 0 Å². The van der Waals surface area contributed by atoms with Gasteiger partial charge in [0, 0.05) is 22.9 Å². The molecule has 13 rings (SSSR count). The van der Waals surface area contributed by atoms with Gasteiger partial charge in [-0.15, -0.1) is 0 Å². The monoisotopic (exact) mass is 898 g/mol. The molecule has 0 aliphatic carbocycles. The first kappa shape index (κ1) is 40.7. The fraction of sp³-hybridized carbons (Fsp3) is 0.0308. The summed E-state index contributed by atoms with van der Waals surface area (Å²) in [5.41, 5.74) is 12.3. The molecule has 13 aromatic rings. The van der Waals surface area contributed by atoms with E-state index >= 15 is 0 Å². The largest absolute Gasteiger partial charge is 0.456 e. The molecule has 0 radical (unpaired) electrons. The second kappa shape index (κ2) is 16.6. The van der Waals surface area contributed by atoms with Crippen molar-refractivity contribution in [1.82, 2.24) is 9.55 Å². The van der Waals surface area contributed by atoms with E-state index in [1.807, 2.05) is 6.07 Å². The minimum atomic E-state index is -2.88. The van der Waals surface area contributed by atoms with Gasteiger partial charge in [-0.2, -0.15) is 0 Å². The molecule has 0 amide bonds. The van der Waals surface area contributed by atoms with Crippen molar-refractivity contribution in [3.05, 3.63) is 255 Å². The summed E-state index contributed by atoms with van der Waals surface area (Å²) in [6.45, 7) is 2.19. The van der Waals surface area contributed by atoms with Crippen LogP contribution in [0.2, 0.25) is 0 Å². The molecule has 0 fully saturated rings. The van der Waals surface area contributed by atoms with Gasteiger partial charge in [0.05, 0.1) is 11.0 Å². The molecule has 11 aromatic carbocycles. The molecule has 0 aliphatic rings. The van der Waals surface area contributed by atoms with Crippen LogP contribution in [0.1, 0.15) is 12.7 Å². The lowest BCUT2D eigenvalue weighted by molar-refractivity contribution is 0.669. The van der Waals surface area contributed by atoms with Crippen molar-refractivity contribution in [1.29, 1.82) is 0 Å². The van der Waals surface area contributed by atoms with Gasteiger partial charge in [-0.3, -0.25) is 4.57 Å². The number of fused-ring (bicyclic) bond motifs is 6. The highest BCUT2D eigenvalue weighted by molar-refractivity contribution is 7.20. The van der Waals surface area contributed by atoms with Crippen molar-refractivity contribution in [3.63, 3.8) is 0 Å². The first-order chi connectivity index (χ1) is 34.2. The van der Waals surface area contributed by atoms with Gasteiger partial charge < -0.3 is 4.42 Å². The zero-order valence-corrected chi connectivity index (χ0v) is 39.2. The molecule has 0 atom stereocenters. The van der Waals surface area contributed by atoms with Crippen molar-refractivity contribution in [3.8, 4) is 39.1 Å². The van der Waals surface area contributed by atoms with Crippen LogP contribution in [0.3, 0.4) is 0 Å². The number of aromatic nitrogens is 2. The predicted octanol–water partition coefficient (Wildman–Crippen LogP) is 14.2. The fourth-order valence-corrected chi connectivity index (χ4v) is 15.9. The van der Waals surface area contributed by atoms with Gasteiger partial charge in [-0.1, -0.05) is 219 Å². The van der Waals surface area contributed by atoms with Crippen LogP contribution in [-0.4, -0.2) is 17.6 Å². The van der Waals surface area contributed by atoms with Gasteiger partial charge in [0.2, 0.25) is 0 Å². The minimum absolute atomic E-state index is 0.828. The Labute approximate surface area is 402 Å². The molecule has 69 heavy (non-hydrogen) atoms. The maximum Gasteiger partial charge on any atom is 0.179 e. The number of imidazole rings is 1. The lowest BCUT2D eigenvalue weighted by Gasteiger charge is -2.34. The third kappa shape index (κ3) is 6.59. The van der Waals surface area contributed by atoms with Gasteiger partial charge in [0.15, 0.2) is 8.07 Å². The van der Waals surface area contributed by atoms with Crippen LogP contribution >= 0.6 is 0 Å². The molecule has 0 saturated carbocycles. The average molecular weight is 899 g/mol. The van der Waals surface area contributed by atoms with E-state index in [0.29, 0.717) is 0 Å². The summed E-state index contributed by atoms with van der Waals surface area (Å²) in [7, 11) is -2.88. The highest BCUT2D eigenvalue weighted by Gasteiger charge is 2.42. The highest BCUT2D eigenvalue weighted by Crippen LogP contribution is 2.44. The van der Waals surface area contributed by atoms with E-state index in [1.54, 1.807) is 0 Å². The summed E-state index contributed by atoms with van der Waals surface area (Å²) >= 11 is 0. The summed E-state index contributed by atoms with van der Waals surface area (Å²) in [5.74, 6) is 1.05. The Kier molecular flexibility index (Phi) is 9.81. The molecule has 0 saturated heterocycles. The molecule has 0 aliphatic heterocycles. The quantitative estimate of drug-likeness (QED) is 0.0821. The molecule has 0 unspecified atom stereocenters. The fourth-order valence-electron chi connectivity index (χ4n) is 11.2. The van der Waals surface area contributed by atoms with Crippen LogP contribution in [0.5, 0.6) is 0 Å². The standard InChI is InChI=1S/C65H46N2OSi/c1-2-63-66-59-42-47(44-18-6-3-7-19-44)34-41-60(59)67(63)48-35-30-45(31-36-48)64-55-25-12-14-27-57(55)65(58-28-15-13-26-56(58)64)46-32-37-51(38-33-46)69(49-20-8-4-9-21-49,50-22-10-5-11-23-50)52-39-40-54-53-24-16-17-29-61(53)68-62(54)43-52/h3-43H,2H2,1H3. The van der Waals surface area contributed by atoms with Crippen LogP contribution in [0.4, 0.5) is 0 Å². The summed E-state index contributed by atoms with van der Waals surface area (Å²) in [4.78, 5) is 5.14. The smallest absolute Gasteiger partial charge is 0.179 e. The number of para-hydroxylation sites is 1. The number of hydrogen-bond donors (Lipinski definition) is 0. The maximum absolute atomic E-state index is 6.58. The SMILES string of the molecule is CCc1nc2cc(-c3ccccc3)ccc2n1-c1ccc(-c2c3ccccc3c(-c3ccc([Si](c4ccccc4)(c4ccccc4)c4ccc5c(c4)oc4ccccc45)cc3)c3ccccc23)cc1. The normalized spacial score (nSPS) is 11.9. The third-order valence-corrected chi connectivity index (χ3v) is 19.1. The van der Waals surface area contributed by atoms with Crippen LogP contribution in [-0.2, 0) is 6.42 Å². The van der Waals surface area contributed by atoms with Crippen molar-refractivity contribution < 1.29 is 4.42 Å². The Bertz CT molecular complexity index is 3930. The molecular weight excluding hydrogens is 853 g/mol. The van der Waals surface area contributed by atoms with E-state index in [4.69, 9.17) is 9.40 Å². The molecule has 2 heterocycles. The van der Waals surface area contributed by atoms with E-state index in [9.17, 15) is 0 Å². The summed E-state index contributed by atoms with van der Waals surface area (Å²) in [6.07, 6.45) is 0.828. The Hall–Kier alpha value is -8.57. The molecule has 0 bridgehead atoms. The van der Waals surface area contributed by atoms with E-state index in [2.05, 4.69) is 254 Å². The number of nitrogens with zero attached hydrogens (tertiary/aromatic N) is 2. The van der Waals surface area contributed by atoms with Gasteiger partial charge in [-0.05, 0) is 112 Å². The maximum atomic E-state index is 6.58. The van der Waals surface area contributed by atoms with E-state index in [-0.39, 0.29) is 0 Å². The van der Waals surface area contributed by atoms with Gasteiger partial charge in [-0.25, -0.2) is 4.98 Å². The van der Waals surface area contributed by atoms with Gasteiger partial charge in [0.1, 0.15) is 17.0 Å². The molecule has 0 spiro atoms. The molecular formula is C65H46N2OSi. The van der Waals surface area contributed by atoms with Gasteiger partial charge >= 0.3 is 0 Å². The number of rotatable bonds is 9. The number of furan rings is 1. The summed E-state index contributed by atoms with van der Waals surface area (Å²) < 4.78 is 8.90. The first-order valence-electron chi connectivity index (χ1n) is 23.9. The zero-order valence-electron chi connectivity index (χ0n) is 38.2. The predicted molar refractivity (Wildman–Crippen MR) is 293 cm³/mol. The van der Waals surface area contributed by atoms with Crippen LogP contribution < -0.4 is 20.7 Å². The highest BCUT2D eigenvalue weighted by atomic mass is 28.3. The number of benzene rings is 11. The number of aryl methyl sites for hydroxylation is 1. The van der Waals surface area contributed by atoms with Crippen molar-refractivity contribution >= 4 is 83.3 Å². The topological polar surface area (TPSA) is 31.0 Å². The Morgan fingerprint density at radius 1 is 0.377 bits per heavy atom. The molecule has 0 N–H and O–H groups in total. The van der Waals surface area contributed by atoms with E-state index < -0.39 is 8.07 Å². The van der Waals surface area contributed by atoms with E-state index in [1.165, 1.54) is 75.7 Å². The molecule has 2 aromatic heterocycles. The average Bonchev–Trinajstić information content (AvgIpc) is 3.99. The molecule has 4 heteroatoms. The molecule has 3 nitrogen and oxygen atoms in total. The third-order valence-electron chi connectivity index (χ3n) is 14.3. The van der Waals surface area contributed by atoms with Crippen LogP contribution in [0, 0.1) is 0 Å². The lowest BCUT2D eigenvalue weighted by Crippen LogP contribution is -2.74. The Morgan fingerprint density at radius 2 is 0.841 bits per heavy atom. The van der Waals surface area contributed by atoms with Crippen LogP contribution in [0.15, 0.2) is 253 Å². The number of hydrogen-bond acceptors (Lipinski definition) is 2. The summed E-state index contributed by atoms with van der Waals surface area (Å²) in [6, 6.07) is 91.4. The first-order valence-corrected chi connectivity index (χ1v) is 25.9. The second-order valence-corrected chi connectivity index (χ2v) is 21.9. The zero-order chi connectivity index (χ0) is 45.9. The van der Waals surface area contributed by atoms with Crippen molar-refractivity contribution in [2.45, 2.75) is 13.3 Å². The second-order valence-electron chi connectivity index (χ2n) is 18.0. The summed E-state index contributed by atoms with van der Waals surface area (Å²) in [5, 5.41) is 12.5. The molecule has 326 valence electrons. The van der Waals surface area contributed by atoms with E-state index in [0.717, 1.165) is 50.9 Å². The Morgan fingerprint density at radius 3 is 1.42 bits per heavy atom. The Balaban J connectivity index is 0.946.